The molecule has 0 aromatic heterocycles. The largest absolute Gasteiger partial charge is 0.417 e. The van der Waals surface area contributed by atoms with E-state index in [1.54, 1.807) is 19.1 Å². The molecule has 0 fully saturated rings. The second-order valence-electron chi connectivity index (χ2n) is 6.01. The van der Waals surface area contributed by atoms with Gasteiger partial charge in [0.1, 0.15) is 5.82 Å². The molecule has 1 amide bonds. The van der Waals surface area contributed by atoms with Crippen molar-refractivity contribution >= 4 is 11.6 Å². The first-order chi connectivity index (χ1) is 13.8. The Morgan fingerprint density at radius 3 is 2.10 bits per heavy atom. The lowest BCUT2D eigenvalue weighted by Gasteiger charge is -2.13. The van der Waals surface area contributed by atoms with E-state index in [2.05, 4.69) is 5.32 Å². The lowest BCUT2D eigenvalue weighted by atomic mass is 9.99. The first kappa shape index (κ1) is 22.1. The molecule has 0 aliphatic rings. The number of carbonyl (C=O) groups is 1. The van der Waals surface area contributed by atoms with Crippen LogP contribution in [-0.4, -0.2) is 13.1 Å². The Balaban J connectivity index is 0.00000145. The fourth-order valence-corrected chi connectivity index (χ4v) is 2.74. The van der Waals surface area contributed by atoms with Crippen LogP contribution in [0.5, 0.6) is 0 Å². The molecule has 3 rings (SSSR count). The van der Waals surface area contributed by atoms with Gasteiger partial charge in [-0.05, 0) is 47.9 Å². The molecule has 0 saturated carbocycles. The standard InChI is InChI=1S/C21H15F4NO.CH3F/c1-13-5-4-7-17(19(13)22)20(27)26-15-11-9-14(10-12-15)16-6-2-3-8-18(16)21(23,24)25;1-2/h2-12H,1H3,(H,26,27);1H3. The van der Waals surface area contributed by atoms with E-state index >= 15 is 0 Å². The molecule has 2 nitrogen and oxygen atoms in total. The van der Waals surface area contributed by atoms with Crippen LogP contribution in [0.2, 0.25) is 0 Å². The topological polar surface area (TPSA) is 29.1 Å². The summed E-state index contributed by atoms with van der Waals surface area (Å²) in [5.74, 6) is -1.23. The molecule has 1 N–H and O–H groups in total. The van der Waals surface area contributed by atoms with Gasteiger partial charge in [0.25, 0.3) is 5.91 Å². The van der Waals surface area contributed by atoms with Gasteiger partial charge in [-0.15, -0.1) is 0 Å². The fourth-order valence-electron chi connectivity index (χ4n) is 2.74. The summed E-state index contributed by atoms with van der Waals surface area (Å²) in [4.78, 5) is 12.2. The van der Waals surface area contributed by atoms with Gasteiger partial charge < -0.3 is 5.32 Å². The number of anilines is 1. The van der Waals surface area contributed by atoms with Gasteiger partial charge in [0.2, 0.25) is 0 Å². The van der Waals surface area contributed by atoms with Crippen molar-refractivity contribution in [1.29, 1.82) is 0 Å². The SMILES string of the molecule is CF.Cc1cccc(C(=O)Nc2ccc(-c3ccccc3C(F)(F)F)cc2)c1F. The highest BCUT2D eigenvalue weighted by atomic mass is 19.4. The predicted molar refractivity (Wildman–Crippen MR) is 103 cm³/mol. The quantitative estimate of drug-likeness (QED) is 0.484. The molecule has 3 aromatic carbocycles. The number of rotatable bonds is 3. The molecule has 7 heteroatoms. The van der Waals surface area contributed by atoms with Crippen molar-refractivity contribution in [2.24, 2.45) is 0 Å². The van der Waals surface area contributed by atoms with Crippen molar-refractivity contribution in [3.63, 3.8) is 0 Å². The molecule has 0 atom stereocenters. The summed E-state index contributed by atoms with van der Waals surface area (Å²) in [6, 6.07) is 15.7. The number of amides is 1. The molecule has 0 aliphatic carbocycles. The van der Waals surface area contributed by atoms with Crippen LogP contribution in [-0.2, 0) is 6.18 Å². The Morgan fingerprint density at radius 2 is 1.48 bits per heavy atom. The van der Waals surface area contributed by atoms with Crippen LogP contribution in [0.15, 0.2) is 66.7 Å². The highest BCUT2D eigenvalue weighted by molar-refractivity contribution is 6.04. The van der Waals surface area contributed by atoms with Gasteiger partial charge in [0, 0.05) is 5.69 Å². The Bertz CT molecular complexity index is 981. The Morgan fingerprint density at radius 1 is 0.862 bits per heavy atom. The fraction of sp³-hybridized carbons (Fsp3) is 0.136. The summed E-state index contributed by atoms with van der Waals surface area (Å²) in [5, 5.41) is 2.55. The number of halogens is 5. The molecule has 0 saturated heterocycles. The first-order valence-electron chi connectivity index (χ1n) is 8.48. The van der Waals surface area contributed by atoms with Gasteiger partial charge in [-0.25, -0.2) is 4.39 Å². The van der Waals surface area contributed by atoms with Crippen LogP contribution in [0, 0.1) is 12.7 Å². The van der Waals surface area contributed by atoms with Crippen molar-refractivity contribution in [2.45, 2.75) is 13.1 Å². The van der Waals surface area contributed by atoms with Crippen LogP contribution >= 0.6 is 0 Å². The molecule has 152 valence electrons. The molecule has 3 aromatic rings. The van der Waals surface area contributed by atoms with E-state index in [0.29, 0.717) is 24.0 Å². The predicted octanol–water partition coefficient (Wildman–Crippen LogP) is 6.66. The maximum absolute atomic E-state index is 14.0. The third kappa shape index (κ3) is 5.19. The van der Waals surface area contributed by atoms with Gasteiger partial charge in [0.05, 0.1) is 18.3 Å². The number of alkyl halides is 4. The van der Waals surface area contributed by atoms with E-state index in [1.807, 2.05) is 0 Å². The van der Waals surface area contributed by atoms with Crippen molar-refractivity contribution in [3.05, 3.63) is 89.2 Å². The lowest BCUT2D eigenvalue weighted by Crippen LogP contribution is -2.14. The number of carbonyl (C=O) groups excluding carboxylic acids is 1. The third-order valence-corrected chi connectivity index (χ3v) is 4.12. The van der Waals surface area contributed by atoms with Crippen molar-refractivity contribution < 1.29 is 26.7 Å². The highest BCUT2D eigenvalue weighted by Crippen LogP contribution is 2.37. The number of hydrogen-bond acceptors (Lipinski definition) is 1. The number of nitrogens with one attached hydrogen (secondary N) is 1. The highest BCUT2D eigenvalue weighted by Gasteiger charge is 2.33. The molecular formula is C22H18F5NO. The van der Waals surface area contributed by atoms with Crippen LogP contribution in [0.1, 0.15) is 21.5 Å². The minimum Gasteiger partial charge on any atom is -0.322 e. The van der Waals surface area contributed by atoms with Gasteiger partial charge in [-0.3, -0.25) is 9.18 Å². The second-order valence-corrected chi connectivity index (χ2v) is 6.01. The first-order valence-corrected chi connectivity index (χ1v) is 8.48. The maximum Gasteiger partial charge on any atom is 0.417 e. The minimum atomic E-state index is -4.47. The molecular weight excluding hydrogens is 389 g/mol. The molecule has 0 unspecified atom stereocenters. The van der Waals surface area contributed by atoms with Gasteiger partial charge in [-0.2, -0.15) is 13.2 Å². The van der Waals surface area contributed by atoms with E-state index in [9.17, 15) is 26.7 Å². The minimum absolute atomic E-state index is 0.0487. The molecule has 0 spiro atoms. The Labute approximate surface area is 165 Å². The van der Waals surface area contributed by atoms with Crippen LogP contribution < -0.4 is 5.32 Å². The summed E-state index contributed by atoms with van der Waals surface area (Å²) in [6.45, 7) is 1.55. The Hall–Kier alpha value is -3.22. The van der Waals surface area contributed by atoms with Gasteiger partial charge in [0.15, 0.2) is 0 Å². The van der Waals surface area contributed by atoms with Crippen LogP contribution in [0.4, 0.5) is 27.6 Å². The molecule has 29 heavy (non-hydrogen) atoms. The van der Waals surface area contributed by atoms with Gasteiger partial charge in [-0.1, -0.05) is 42.5 Å². The molecule has 0 radical (unpaired) electrons. The van der Waals surface area contributed by atoms with E-state index in [1.165, 1.54) is 48.5 Å². The number of benzene rings is 3. The second kappa shape index (κ2) is 9.32. The van der Waals surface area contributed by atoms with Crippen LogP contribution in [0.25, 0.3) is 11.1 Å². The monoisotopic (exact) mass is 407 g/mol. The summed E-state index contributed by atoms with van der Waals surface area (Å²) >= 11 is 0. The smallest absolute Gasteiger partial charge is 0.322 e. The number of aryl methyl sites for hydroxylation is 1. The molecule has 0 heterocycles. The molecule has 0 aliphatic heterocycles. The summed E-state index contributed by atoms with van der Waals surface area (Å²) in [5.41, 5.74) is 0.288. The summed E-state index contributed by atoms with van der Waals surface area (Å²) < 4.78 is 63.0. The Kier molecular flexibility index (Phi) is 7.09. The zero-order chi connectivity index (χ0) is 21.6. The zero-order valence-corrected chi connectivity index (χ0v) is 15.6. The average molecular weight is 407 g/mol. The number of hydrogen-bond donors (Lipinski definition) is 1. The normalized spacial score (nSPS) is 10.7. The van der Waals surface area contributed by atoms with E-state index in [0.717, 1.165) is 6.07 Å². The average Bonchev–Trinajstić information content (AvgIpc) is 2.71. The van der Waals surface area contributed by atoms with E-state index in [-0.39, 0.29) is 11.1 Å². The summed E-state index contributed by atoms with van der Waals surface area (Å²) in [7, 11) is 0.500. The molecule has 0 bridgehead atoms. The van der Waals surface area contributed by atoms with E-state index in [4.69, 9.17) is 0 Å². The van der Waals surface area contributed by atoms with E-state index < -0.39 is 23.5 Å². The zero-order valence-electron chi connectivity index (χ0n) is 15.6. The maximum atomic E-state index is 14.0. The van der Waals surface area contributed by atoms with Crippen molar-refractivity contribution in [1.82, 2.24) is 0 Å². The lowest BCUT2D eigenvalue weighted by molar-refractivity contribution is -0.137. The summed E-state index contributed by atoms with van der Waals surface area (Å²) in [6.07, 6.45) is -4.47. The van der Waals surface area contributed by atoms with Crippen molar-refractivity contribution in [3.8, 4) is 11.1 Å². The van der Waals surface area contributed by atoms with Crippen molar-refractivity contribution in [2.75, 3.05) is 12.5 Å². The third-order valence-electron chi connectivity index (χ3n) is 4.12. The van der Waals surface area contributed by atoms with Gasteiger partial charge >= 0.3 is 6.18 Å². The van der Waals surface area contributed by atoms with Crippen LogP contribution in [0.3, 0.4) is 0 Å².